The van der Waals surface area contributed by atoms with Crippen LogP contribution in [0.25, 0.3) is 10.9 Å². The van der Waals surface area contributed by atoms with Crippen LogP contribution in [0.5, 0.6) is 5.75 Å². The summed E-state index contributed by atoms with van der Waals surface area (Å²) >= 11 is 1.68. The summed E-state index contributed by atoms with van der Waals surface area (Å²) in [5, 5.41) is 16.0. The molecule has 6 rings (SSSR count). The molecule has 5 aromatic rings. The highest BCUT2D eigenvalue weighted by molar-refractivity contribution is 7.09. The standard InChI is InChI=1S/C27H28N6O3S/c1-35-20-10-11-24-18(14-20)15-23(27(34)28-24)25(26-29-30-31-33(26)19-6-2-3-7-19)32(16-21-8-4-12-36-21)17-22-9-5-13-37-22/h4-5,8-15,19,25H,2-3,6-7,16-17H2,1H3,(H,28,34). The van der Waals surface area contributed by atoms with Crippen molar-refractivity contribution in [3.8, 4) is 5.75 Å². The lowest BCUT2D eigenvalue weighted by atomic mass is 10.0. The Morgan fingerprint density at radius 3 is 2.84 bits per heavy atom. The molecule has 4 aromatic heterocycles. The average molecular weight is 517 g/mol. The Balaban J connectivity index is 1.53. The SMILES string of the molecule is COc1ccc2[nH]c(=O)c(C(c3nnnn3C3CCCC3)N(Cc3ccco3)Cc3cccs3)cc2c1. The van der Waals surface area contributed by atoms with Crippen LogP contribution >= 0.6 is 11.3 Å². The van der Waals surface area contributed by atoms with Crippen LogP contribution in [0.1, 0.15) is 59.8 Å². The second kappa shape index (κ2) is 10.3. The molecule has 10 heteroatoms. The number of nitrogens with zero attached hydrogens (tertiary/aromatic N) is 5. The molecule has 0 aliphatic heterocycles. The van der Waals surface area contributed by atoms with Crippen molar-refractivity contribution < 1.29 is 9.15 Å². The number of rotatable bonds is 9. The zero-order chi connectivity index (χ0) is 25.2. The summed E-state index contributed by atoms with van der Waals surface area (Å²) in [6, 6.07) is 15.3. The van der Waals surface area contributed by atoms with E-state index < -0.39 is 6.04 Å². The second-order valence-corrected chi connectivity index (χ2v) is 10.4. The molecular weight excluding hydrogens is 488 g/mol. The number of tetrazole rings is 1. The molecule has 4 heterocycles. The highest BCUT2D eigenvalue weighted by Gasteiger charge is 2.34. The maximum atomic E-state index is 13.7. The molecule has 0 radical (unpaired) electrons. The van der Waals surface area contributed by atoms with Crippen molar-refractivity contribution in [3.05, 3.63) is 92.6 Å². The van der Waals surface area contributed by atoms with E-state index in [0.717, 1.165) is 48.1 Å². The molecule has 1 aliphatic rings. The Morgan fingerprint density at radius 2 is 2.08 bits per heavy atom. The van der Waals surface area contributed by atoms with Gasteiger partial charge in [0.15, 0.2) is 5.82 Å². The number of furan rings is 1. The van der Waals surface area contributed by atoms with Gasteiger partial charge in [-0.1, -0.05) is 18.9 Å². The van der Waals surface area contributed by atoms with Crippen molar-refractivity contribution in [3.63, 3.8) is 0 Å². The molecule has 9 nitrogen and oxygen atoms in total. The normalized spacial score (nSPS) is 15.1. The molecule has 1 atom stereocenters. The van der Waals surface area contributed by atoms with Crippen molar-refractivity contribution >= 4 is 22.2 Å². The Hall–Kier alpha value is -3.76. The number of nitrogens with one attached hydrogen (secondary N) is 1. The molecule has 190 valence electrons. The molecule has 0 saturated heterocycles. The summed E-state index contributed by atoms with van der Waals surface area (Å²) in [5.41, 5.74) is 1.16. The lowest BCUT2D eigenvalue weighted by Crippen LogP contribution is -2.35. The number of aromatic nitrogens is 5. The minimum atomic E-state index is -0.498. The van der Waals surface area contributed by atoms with E-state index >= 15 is 0 Å². The molecule has 1 N–H and O–H groups in total. The van der Waals surface area contributed by atoms with Gasteiger partial charge in [-0.25, -0.2) is 4.68 Å². The number of ether oxygens (including phenoxy) is 1. The molecule has 1 fully saturated rings. The number of hydrogen-bond acceptors (Lipinski definition) is 8. The maximum Gasteiger partial charge on any atom is 0.253 e. The summed E-state index contributed by atoms with van der Waals surface area (Å²) in [4.78, 5) is 20.1. The van der Waals surface area contributed by atoms with Gasteiger partial charge in [0.25, 0.3) is 5.56 Å². The zero-order valence-corrected chi connectivity index (χ0v) is 21.4. The third-order valence-corrected chi connectivity index (χ3v) is 7.91. The van der Waals surface area contributed by atoms with E-state index in [2.05, 4.69) is 36.9 Å². The lowest BCUT2D eigenvalue weighted by molar-refractivity contribution is 0.178. The van der Waals surface area contributed by atoms with Crippen LogP contribution in [0.4, 0.5) is 0 Å². The summed E-state index contributed by atoms with van der Waals surface area (Å²) < 4.78 is 13.1. The first-order valence-corrected chi connectivity index (χ1v) is 13.3. The third-order valence-electron chi connectivity index (χ3n) is 7.05. The van der Waals surface area contributed by atoms with Gasteiger partial charge < -0.3 is 14.1 Å². The molecule has 0 bridgehead atoms. The first-order chi connectivity index (χ1) is 18.2. The fraction of sp³-hybridized carbons (Fsp3) is 0.333. The van der Waals surface area contributed by atoms with Gasteiger partial charge in [-0.2, -0.15) is 0 Å². The van der Waals surface area contributed by atoms with Crippen molar-refractivity contribution in [2.45, 2.75) is 50.9 Å². The van der Waals surface area contributed by atoms with Gasteiger partial charge in [0.05, 0.1) is 26.0 Å². The van der Waals surface area contributed by atoms with Crippen LogP contribution in [-0.2, 0) is 13.1 Å². The van der Waals surface area contributed by atoms with E-state index in [9.17, 15) is 4.79 Å². The van der Waals surface area contributed by atoms with E-state index in [1.54, 1.807) is 24.7 Å². The number of benzene rings is 1. The largest absolute Gasteiger partial charge is 0.497 e. The molecule has 0 spiro atoms. The van der Waals surface area contributed by atoms with E-state index in [1.807, 2.05) is 47.1 Å². The number of methoxy groups -OCH3 is 1. The highest BCUT2D eigenvalue weighted by Crippen LogP contribution is 2.35. The number of H-pyrrole nitrogens is 1. The van der Waals surface area contributed by atoms with Crippen LogP contribution in [0, 0.1) is 0 Å². The first-order valence-electron chi connectivity index (χ1n) is 12.5. The van der Waals surface area contributed by atoms with Crippen LogP contribution < -0.4 is 10.3 Å². The molecule has 1 unspecified atom stereocenters. The minimum Gasteiger partial charge on any atom is -0.497 e. The van der Waals surface area contributed by atoms with Crippen LogP contribution in [0.3, 0.4) is 0 Å². The summed E-state index contributed by atoms with van der Waals surface area (Å²) in [7, 11) is 1.64. The number of aromatic amines is 1. The molecule has 1 aromatic carbocycles. The third kappa shape index (κ3) is 4.82. The van der Waals surface area contributed by atoms with Gasteiger partial charge in [-0.3, -0.25) is 9.69 Å². The number of thiophene rings is 1. The maximum absolute atomic E-state index is 13.7. The zero-order valence-electron chi connectivity index (χ0n) is 20.5. The molecule has 37 heavy (non-hydrogen) atoms. The predicted molar refractivity (Wildman–Crippen MR) is 141 cm³/mol. The monoisotopic (exact) mass is 516 g/mol. The van der Waals surface area contributed by atoms with Crippen molar-refractivity contribution in [1.82, 2.24) is 30.1 Å². The smallest absolute Gasteiger partial charge is 0.253 e. The van der Waals surface area contributed by atoms with Crippen molar-refractivity contribution in [1.29, 1.82) is 0 Å². The lowest BCUT2D eigenvalue weighted by Gasteiger charge is -2.30. The Labute approximate surface area is 217 Å². The Bertz CT molecular complexity index is 1480. The predicted octanol–water partition coefficient (Wildman–Crippen LogP) is 5.08. The minimum absolute atomic E-state index is 0.167. The average Bonchev–Trinajstić information content (AvgIpc) is 3.73. The van der Waals surface area contributed by atoms with Crippen LogP contribution in [0.2, 0.25) is 0 Å². The molecule has 0 amide bonds. The van der Waals surface area contributed by atoms with Gasteiger partial charge >= 0.3 is 0 Å². The van der Waals surface area contributed by atoms with Gasteiger partial charge in [-0.15, -0.1) is 16.4 Å². The summed E-state index contributed by atoms with van der Waals surface area (Å²) in [6.07, 6.45) is 6.02. The fourth-order valence-electron chi connectivity index (χ4n) is 5.26. The first kappa shape index (κ1) is 23.6. The van der Waals surface area contributed by atoms with Gasteiger partial charge in [0.1, 0.15) is 17.6 Å². The molecule has 1 saturated carbocycles. The Kier molecular flexibility index (Phi) is 6.58. The van der Waals surface area contributed by atoms with Crippen LogP contribution in [0.15, 0.2) is 69.4 Å². The van der Waals surface area contributed by atoms with Gasteiger partial charge in [0, 0.05) is 27.9 Å². The fourth-order valence-corrected chi connectivity index (χ4v) is 5.99. The van der Waals surface area contributed by atoms with E-state index in [4.69, 9.17) is 9.15 Å². The molecule has 1 aliphatic carbocycles. The summed E-state index contributed by atoms with van der Waals surface area (Å²) in [6.45, 7) is 1.10. The van der Waals surface area contributed by atoms with E-state index in [0.29, 0.717) is 24.5 Å². The summed E-state index contributed by atoms with van der Waals surface area (Å²) in [5.74, 6) is 2.20. The van der Waals surface area contributed by atoms with E-state index in [1.165, 1.54) is 4.88 Å². The van der Waals surface area contributed by atoms with E-state index in [-0.39, 0.29) is 11.6 Å². The highest BCUT2D eigenvalue weighted by atomic mass is 32.1. The quantitative estimate of drug-likeness (QED) is 0.291. The van der Waals surface area contributed by atoms with Crippen molar-refractivity contribution in [2.24, 2.45) is 0 Å². The molecular formula is C27H28N6O3S. The Morgan fingerprint density at radius 1 is 1.19 bits per heavy atom. The van der Waals surface area contributed by atoms with Gasteiger partial charge in [-0.05, 0) is 71.1 Å². The van der Waals surface area contributed by atoms with Gasteiger partial charge in [0.2, 0.25) is 0 Å². The number of pyridine rings is 1. The topological polar surface area (TPSA) is 102 Å². The number of hydrogen-bond donors (Lipinski definition) is 1. The van der Waals surface area contributed by atoms with Crippen molar-refractivity contribution in [2.75, 3.05) is 7.11 Å². The van der Waals surface area contributed by atoms with Crippen LogP contribution in [-0.4, -0.2) is 37.2 Å². The number of fused-ring (bicyclic) bond motifs is 1. The second-order valence-electron chi connectivity index (χ2n) is 9.39.